The fourth-order valence-electron chi connectivity index (χ4n) is 2.44. The second-order valence-electron chi connectivity index (χ2n) is 4.91. The first kappa shape index (κ1) is 12.6. The van der Waals surface area contributed by atoms with Crippen molar-refractivity contribution in [2.24, 2.45) is 5.73 Å². The van der Waals surface area contributed by atoms with Gasteiger partial charge in [-0.05, 0) is 18.1 Å². The van der Waals surface area contributed by atoms with E-state index < -0.39 is 6.04 Å². The van der Waals surface area contributed by atoms with Crippen molar-refractivity contribution in [2.45, 2.75) is 12.5 Å². The van der Waals surface area contributed by atoms with Crippen molar-refractivity contribution in [3.63, 3.8) is 0 Å². The van der Waals surface area contributed by atoms with E-state index in [1.54, 1.807) is 6.20 Å². The zero-order valence-corrected chi connectivity index (χ0v) is 11.0. The molecule has 3 N–H and O–H groups in total. The summed E-state index contributed by atoms with van der Waals surface area (Å²) in [5.41, 5.74) is 8.78. The smallest absolute Gasteiger partial charge is 0.181 e. The summed E-state index contributed by atoms with van der Waals surface area (Å²) in [6.45, 7) is 0. The Morgan fingerprint density at radius 1 is 1.05 bits per heavy atom. The molecule has 2 aromatic carbocycles. The Morgan fingerprint density at radius 3 is 2.55 bits per heavy atom. The first-order valence-electron chi connectivity index (χ1n) is 6.65. The van der Waals surface area contributed by atoms with E-state index in [2.05, 4.69) is 4.98 Å². The van der Waals surface area contributed by atoms with Crippen molar-refractivity contribution in [3.05, 3.63) is 71.9 Å². The van der Waals surface area contributed by atoms with Crippen LogP contribution in [0.4, 0.5) is 0 Å². The van der Waals surface area contributed by atoms with E-state index >= 15 is 0 Å². The van der Waals surface area contributed by atoms with Gasteiger partial charge in [-0.25, -0.2) is 0 Å². The van der Waals surface area contributed by atoms with Gasteiger partial charge in [0.1, 0.15) is 0 Å². The van der Waals surface area contributed by atoms with Crippen molar-refractivity contribution >= 4 is 16.7 Å². The SMILES string of the molecule is NC(Cc1ccccc1)C(=O)c1c[nH]c2ccccc12. The average molecular weight is 264 g/mol. The quantitative estimate of drug-likeness (QED) is 0.712. The largest absolute Gasteiger partial charge is 0.360 e. The van der Waals surface area contributed by atoms with Gasteiger partial charge in [-0.2, -0.15) is 0 Å². The molecular formula is C17H16N2O. The average Bonchev–Trinajstić information content (AvgIpc) is 2.91. The van der Waals surface area contributed by atoms with E-state index in [0.717, 1.165) is 16.5 Å². The fourth-order valence-corrected chi connectivity index (χ4v) is 2.44. The van der Waals surface area contributed by atoms with E-state index in [4.69, 9.17) is 5.73 Å². The molecule has 1 atom stereocenters. The highest BCUT2D eigenvalue weighted by molar-refractivity contribution is 6.10. The molecule has 0 aliphatic carbocycles. The number of carbonyl (C=O) groups is 1. The molecule has 3 rings (SSSR count). The molecule has 100 valence electrons. The number of H-pyrrole nitrogens is 1. The molecule has 0 bridgehead atoms. The van der Waals surface area contributed by atoms with E-state index in [9.17, 15) is 4.79 Å². The number of hydrogen-bond acceptors (Lipinski definition) is 2. The van der Waals surface area contributed by atoms with Crippen LogP contribution in [0.3, 0.4) is 0 Å². The lowest BCUT2D eigenvalue weighted by Gasteiger charge is -2.10. The molecule has 1 heterocycles. The van der Waals surface area contributed by atoms with Gasteiger partial charge in [0.05, 0.1) is 6.04 Å². The lowest BCUT2D eigenvalue weighted by Crippen LogP contribution is -2.32. The number of benzene rings is 2. The lowest BCUT2D eigenvalue weighted by molar-refractivity contribution is 0.0962. The summed E-state index contributed by atoms with van der Waals surface area (Å²) >= 11 is 0. The van der Waals surface area contributed by atoms with Crippen LogP contribution in [-0.4, -0.2) is 16.8 Å². The number of aromatic amines is 1. The summed E-state index contributed by atoms with van der Waals surface area (Å²) in [6.07, 6.45) is 2.30. The summed E-state index contributed by atoms with van der Waals surface area (Å²) in [5, 5.41) is 0.931. The number of carbonyl (C=O) groups excluding carboxylic acids is 1. The van der Waals surface area contributed by atoms with Gasteiger partial charge in [0.25, 0.3) is 0 Å². The van der Waals surface area contributed by atoms with E-state index in [1.165, 1.54) is 0 Å². The predicted molar refractivity (Wildman–Crippen MR) is 80.8 cm³/mol. The van der Waals surface area contributed by atoms with Crippen LogP contribution in [-0.2, 0) is 6.42 Å². The minimum absolute atomic E-state index is 0.0219. The first-order chi connectivity index (χ1) is 9.75. The third-order valence-corrected chi connectivity index (χ3v) is 3.49. The maximum absolute atomic E-state index is 12.5. The Labute approximate surface area is 117 Å². The lowest BCUT2D eigenvalue weighted by atomic mass is 9.98. The van der Waals surface area contributed by atoms with Crippen LogP contribution in [0.5, 0.6) is 0 Å². The summed E-state index contributed by atoms with van der Waals surface area (Å²) in [6, 6.07) is 17.1. The van der Waals surface area contributed by atoms with Crippen LogP contribution < -0.4 is 5.73 Å². The molecule has 0 fully saturated rings. The number of hydrogen-bond donors (Lipinski definition) is 2. The predicted octanol–water partition coefficient (Wildman–Crippen LogP) is 2.92. The summed E-state index contributed by atoms with van der Waals surface area (Å²) in [4.78, 5) is 15.6. The van der Waals surface area contributed by atoms with Crippen molar-refractivity contribution in [1.29, 1.82) is 0 Å². The molecule has 0 spiro atoms. The number of aromatic nitrogens is 1. The second kappa shape index (κ2) is 5.31. The number of nitrogens with two attached hydrogens (primary N) is 1. The minimum atomic E-state index is -0.517. The Hall–Kier alpha value is -2.39. The van der Waals surface area contributed by atoms with Crippen LogP contribution in [0, 0.1) is 0 Å². The van der Waals surface area contributed by atoms with Crippen molar-refractivity contribution in [3.8, 4) is 0 Å². The third kappa shape index (κ3) is 2.36. The Morgan fingerprint density at radius 2 is 1.75 bits per heavy atom. The van der Waals surface area contributed by atoms with Crippen LogP contribution in [0.25, 0.3) is 10.9 Å². The number of ketones is 1. The van der Waals surface area contributed by atoms with Gasteiger partial charge >= 0.3 is 0 Å². The molecular weight excluding hydrogens is 248 g/mol. The van der Waals surface area contributed by atoms with Crippen LogP contribution in [0.1, 0.15) is 15.9 Å². The Kier molecular flexibility index (Phi) is 3.35. The number of Topliss-reactive ketones (excluding diaryl/α,β-unsaturated/α-hetero) is 1. The molecule has 3 heteroatoms. The van der Waals surface area contributed by atoms with Gasteiger partial charge in [0, 0.05) is 22.7 Å². The molecule has 1 unspecified atom stereocenters. The molecule has 3 nitrogen and oxygen atoms in total. The van der Waals surface area contributed by atoms with Gasteiger partial charge < -0.3 is 10.7 Å². The number of rotatable bonds is 4. The molecule has 0 aliphatic heterocycles. The standard InChI is InChI=1S/C17H16N2O/c18-15(10-12-6-2-1-3-7-12)17(20)14-11-19-16-9-5-4-8-13(14)16/h1-9,11,15,19H,10,18H2. The summed E-state index contributed by atoms with van der Waals surface area (Å²) < 4.78 is 0. The highest BCUT2D eigenvalue weighted by atomic mass is 16.1. The van der Waals surface area contributed by atoms with E-state index in [-0.39, 0.29) is 5.78 Å². The van der Waals surface area contributed by atoms with Gasteiger partial charge in [-0.15, -0.1) is 0 Å². The highest BCUT2D eigenvalue weighted by Gasteiger charge is 2.19. The topological polar surface area (TPSA) is 58.9 Å². The second-order valence-corrected chi connectivity index (χ2v) is 4.91. The van der Waals surface area contributed by atoms with Crippen molar-refractivity contribution in [1.82, 2.24) is 4.98 Å². The third-order valence-electron chi connectivity index (χ3n) is 3.49. The molecule has 20 heavy (non-hydrogen) atoms. The normalized spacial score (nSPS) is 12.4. The van der Waals surface area contributed by atoms with E-state index in [1.807, 2.05) is 54.6 Å². The van der Waals surface area contributed by atoms with Gasteiger partial charge in [0.15, 0.2) is 5.78 Å². The zero-order valence-electron chi connectivity index (χ0n) is 11.0. The first-order valence-corrected chi connectivity index (χ1v) is 6.65. The molecule has 1 aromatic heterocycles. The molecule has 3 aromatic rings. The molecule has 0 radical (unpaired) electrons. The zero-order chi connectivity index (χ0) is 13.9. The maximum atomic E-state index is 12.5. The minimum Gasteiger partial charge on any atom is -0.360 e. The fraction of sp³-hybridized carbons (Fsp3) is 0.118. The molecule has 0 aliphatic rings. The van der Waals surface area contributed by atoms with Gasteiger partial charge in [-0.3, -0.25) is 4.79 Å². The van der Waals surface area contributed by atoms with Crippen LogP contribution >= 0.6 is 0 Å². The van der Waals surface area contributed by atoms with Crippen molar-refractivity contribution in [2.75, 3.05) is 0 Å². The number of nitrogens with one attached hydrogen (secondary N) is 1. The number of para-hydroxylation sites is 1. The summed E-state index contributed by atoms with van der Waals surface area (Å²) in [5.74, 6) is -0.0219. The van der Waals surface area contributed by atoms with Gasteiger partial charge in [-0.1, -0.05) is 48.5 Å². The Balaban J connectivity index is 1.85. The molecule has 0 saturated carbocycles. The van der Waals surface area contributed by atoms with Gasteiger partial charge in [0.2, 0.25) is 0 Å². The summed E-state index contributed by atoms with van der Waals surface area (Å²) in [7, 11) is 0. The maximum Gasteiger partial charge on any atom is 0.181 e. The number of fused-ring (bicyclic) bond motifs is 1. The van der Waals surface area contributed by atoms with Crippen molar-refractivity contribution < 1.29 is 4.79 Å². The van der Waals surface area contributed by atoms with Crippen LogP contribution in [0.2, 0.25) is 0 Å². The highest BCUT2D eigenvalue weighted by Crippen LogP contribution is 2.19. The van der Waals surface area contributed by atoms with E-state index in [0.29, 0.717) is 12.0 Å². The Bertz CT molecular complexity index is 731. The van der Waals surface area contributed by atoms with Crippen LogP contribution in [0.15, 0.2) is 60.8 Å². The molecule has 0 amide bonds. The molecule has 0 saturated heterocycles. The monoisotopic (exact) mass is 264 g/mol.